The summed E-state index contributed by atoms with van der Waals surface area (Å²) in [6.45, 7) is 3.47. The lowest BCUT2D eigenvalue weighted by molar-refractivity contribution is 0.101. The summed E-state index contributed by atoms with van der Waals surface area (Å²) < 4.78 is 5.70. The molecule has 18 heavy (non-hydrogen) atoms. The molecule has 0 aliphatic heterocycles. The van der Waals surface area contributed by atoms with Gasteiger partial charge in [0, 0.05) is 0 Å². The van der Waals surface area contributed by atoms with Crippen LogP contribution in [0.3, 0.4) is 0 Å². The van der Waals surface area contributed by atoms with Gasteiger partial charge in [0.15, 0.2) is 5.78 Å². The quantitative estimate of drug-likeness (QED) is 0.752. The van der Waals surface area contributed by atoms with Crippen molar-refractivity contribution in [3.05, 3.63) is 58.6 Å². The Hall–Kier alpha value is -1.80. The van der Waals surface area contributed by atoms with Crippen LogP contribution in [0.15, 0.2) is 42.5 Å². The molecule has 2 aromatic carbocycles. The monoisotopic (exact) mass is 260 g/mol. The van der Waals surface area contributed by atoms with E-state index in [1.165, 1.54) is 6.92 Å². The third kappa shape index (κ3) is 2.71. The summed E-state index contributed by atoms with van der Waals surface area (Å²) in [5, 5.41) is 0.536. The van der Waals surface area contributed by atoms with Crippen LogP contribution in [0.2, 0.25) is 5.02 Å². The van der Waals surface area contributed by atoms with Gasteiger partial charge in [-0.25, -0.2) is 0 Å². The molecular weight excluding hydrogens is 248 g/mol. The van der Waals surface area contributed by atoms with Crippen molar-refractivity contribution in [2.75, 3.05) is 0 Å². The zero-order valence-electron chi connectivity index (χ0n) is 10.2. The molecule has 0 aliphatic carbocycles. The van der Waals surface area contributed by atoms with E-state index in [1.54, 1.807) is 24.3 Å². The fraction of sp³-hybridized carbons (Fsp3) is 0.133. The molecule has 0 saturated heterocycles. The van der Waals surface area contributed by atoms with Gasteiger partial charge < -0.3 is 4.74 Å². The SMILES string of the molecule is CC(=O)c1ccccc1Oc1ccc(C)cc1Cl. The van der Waals surface area contributed by atoms with E-state index in [2.05, 4.69) is 0 Å². The maximum Gasteiger partial charge on any atom is 0.163 e. The van der Waals surface area contributed by atoms with Gasteiger partial charge in [0.25, 0.3) is 0 Å². The molecular formula is C15H13ClO2. The van der Waals surface area contributed by atoms with Crippen LogP contribution in [0.5, 0.6) is 11.5 Å². The minimum Gasteiger partial charge on any atom is -0.455 e. The molecule has 0 heterocycles. The average molecular weight is 261 g/mol. The van der Waals surface area contributed by atoms with Crippen molar-refractivity contribution in [2.45, 2.75) is 13.8 Å². The second-order valence-electron chi connectivity index (χ2n) is 4.09. The maximum absolute atomic E-state index is 11.5. The summed E-state index contributed by atoms with van der Waals surface area (Å²) in [6, 6.07) is 12.7. The van der Waals surface area contributed by atoms with Crippen LogP contribution >= 0.6 is 11.6 Å². The van der Waals surface area contributed by atoms with Gasteiger partial charge in [-0.15, -0.1) is 0 Å². The number of Topliss-reactive ketones (excluding diaryl/α,β-unsaturated/α-hetero) is 1. The molecule has 0 N–H and O–H groups in total. The first-order chi connectivity index (χ1) is 8.58. The van der Waals surface area contributed by atoms with Crippen molar-refractivity contribution in [1.82, 2.24) is 0 Å². The molecule has 0 amide bonds. The van der Waals surface area contributed by atoms with E-state index < -0.39 is 0 Å². The van der Waals surface area contributed by atoms with Crippen LogP contribution < -0.4 is 4.74 Å². The van der Waals surface area contributed by atoms with Gasteiger partial charge >= 0.3 is 0 Å². The number of rotatable bonds is 3. The third-order valence-electron chi connectivity index (χ3n) is 2.57. The number of hydrogen-bond donors (Lipinski definition) is 0. The Kier molecular flexibility index (Phi) is 3.68. The zero-order chi connectivity index (χ0) is 13.1. The lowest BCUT2D eigenvalue weighted by Crippen LogP contribution is -1.96. The largest absolute Gasteiger partial charge is 0.455 e. The highest BCUT2D eigenvalue weighted by molar-refractivity contribution is 6.32. The fourth-order valence-electron chi connectivity index (χ4n) is 1.65. The van der Waals surface area contributed by atoms with Gasteiger partial charge in [-0.2, -0.15) is 0 Å². The lowest BCUT2D eigenvalue weighted by atomic mass is 10.1. The van der Waals surface area contributed by atoms with Crippen LogP contribution in [0.1, 0.15) is 22.8 Å². The predicted octanol–water partition coefficient (Wildman–Crippen LogP) is 4.64. The van der Waals surface area contributed by atoms with E-state index in [-0.39, 0.29) is 5.78 Å². The topological polar surface area (TPSA) is 26.3 Å². The minimum absolute atomic E-state index is 0.0335. The molecule has 2 nitrogen and oxygen atoms in total. The number of benzene rings is 2. The first-order valence-electron chi connectivity index (χ1n) is 5.62. The Morgan fingerprint density at radius 1 is 1.11 bits per heavy atom. The fourth-order valence-corrected chi connectivity index (χ4v) is 1.93. The second kappa shape index (κ2) is 5.23. The lowest BCUT2D eigenvalue weighted by Gasteiger charge is -2.10. The normalized spacial score (nSPS) is 10.2. The van der Waals surface area contributed by atoms with Gasteiger partial charge in [0.05, 0.1) is 10.6 Å². The highest BCUT2D eigenvalue weighted by Gasteiger charge is 2.10. The standard InChI is InChI=1S/C15H13ClO2/c1-10-7-8-15(13(16)9-10)18-14-6-4-3-5-12(14)11(2)17/h3-9H,1-2H3. The number of aryl methyl sites for hydroxylation is 1. The number of ketones is 1. The number of carbonyl (C=O) groups excluding carboxylic acids is 1. The molecule has 0 radical (unpaired) electrons. The Bertz CT molecular complexity index is 591. The number of para-hydroxylation sites is 1. The van der Waals surface area contributed by atoms with Gasteiger partial charge in [-0.3, -0.25) is 4.79 Å². The molecule has 0 aromatic heterocycles. The number of hydrogen-bond acceptors (Lipinski definition) is 2. The highest BCUT2D eigenvalue weighted by atomic mass is 35.5. The van der Waals surface area contributed by atoms with E-state index >= 15 is 0 Å². The average Bonchev–Trinajstić information content (AvgIpc) is 2.33. The first-order valence-corrected chi connectivity index (χ1v) is 5.99. The van der Waals surface area contributed by atoms with E-state index in [0.29, 0.717) is 22.1 Å². The van der Waals surface area contributed by atoms with Crippen LogP contribution in [0, 0.1) is 6.92 Å². The maximum atomic E-state index is 11.5. The molecule has 2 aromatic rings. The summed E-state index contributed by atoms with van der Waals surface area (Å²) in [5.74, 6) is 1.04. The van der Waals surface area contributed by atoms with Crippen molar-refractivity contribution in [3.8, 4) is 11.5 Å². The summed E-state index contributed by atoms with van der Waals surface area (Å²) in [5.41, 5.74) is 1.61. The van der Waals surface area contributed by atoms with Gasteiger partial charge in [0.2, 0.25) is 0 Å². The van der Waals surface area contributed by atoms with Crippen molar-refractivity contribution < 1.29 is 9.53 Å². The van der Waals surface area contributed by atoms with E-state index in [4.69, 9.17) is 16.3 Å². The second-order valence-corrected chi connectivity index (χ2v) is 4.50. The molecule has 0 aliphatic rings. The van der Waals surface area contributed by atoms with Crippen molar-refractivity contribution in [2.24, 2.45) is 0 Å². The number of carbonyl (C=O) groups is 1. The van der Waals surface area contributed by atoms with E-state index in [0.717, 1.165) is 5.56 Å². The van der Waals surface area contributed by atoms with E-state index in [1.807, 2.05) is 25.1 Å². The summed E-state index contributed by atoms with van der Waals surface area (Å²) in [6.07, 6.45) is 0. The third-order valence-corrected chi connectivity index (χ3v) is 2.87. The molecule has 3 heteroatoms. The summed E-state index contributed by atoms with van der Waals surface area (Å²) in [4.78, 5) is 11.5. The molecule has 92 valence electrons. The smallest absolute Gasteiger partial charge is 0.163 e. The Morgan fingerprint density at radius 3 is 2.50 bits per heavy atom. The zero-order valence-corrected chi connectivity index (χ0v) is 11.0. The molecule has 2 rings (SSSR count). The van der Waals surface area contributed by atoms with Crippen LogP contribution in [0.25, 0.3) is 0 Å². The molecule has 0 spiro atoms. The molecule has 0 unspecified atom stereocenters. The molecule has 0 bridgehead atoms. The van der Waals surface area contributed by atoms with Gasteiger partial charge in [0.1, 0.15) is 11.5 Å². The summed E-state index contributed by atoms with van der Waals surface area (Å²) in [7, 11) is 0. The number of halogens is 1. The van der Waals surface area contributed by atoms with Crippen LogP contribution in [-0.2, 0) is 0 Å². The first kappa shape index (κ1) is 12.7. The van der Waals surface area contributed by atoms with Gasteiger partial charge in [-0.05, 0) is 43.7 Å². The summed E-state index contributed by atoms with van der Waals surface area (Å²) >= 11 is 6.10. The van der Waals surface area contributed by atoms with E-state index in [9.17, 15) is 4.79 Å². The van der Waals surface area contributed by atoms with Gasteiger partial charge in [-0.1, -0.05) is 29.8 Å². The Labute approximate surface area is 111 Å². The minimum atomic E-state index is -0.0335. The highest BCUT2D eigenvalue weighted by Crippen LogP contribution is 2.31. The molecule has 0 atom stereocenters. The molecule has 0 fully saturated rings. The number of ether oxygens (including phenoxy) is 1. The van der Waals surface area contributed by atoms with Crippen molar-refractivity contribution in [1.29, 1.82) is 0 Å². The van der Waals surface area contributed by atoms with Crippen molar-refractivity contribution in [3.63, 3.8) is 0 Å². The Balaban J connectivity index is 2.37. The predicted molar refractivity (Wildman–Crippen MR) is 72.7 cm³/mol. The molecule has 0 saturated carbocycles. The van der Waals surface area contributed by atoms with Crippen molar-refractivity contribution >= 4 is 17.4 Å². The van der Waals surface area contributed by atoms with Crippen LogP contribution in [-0.4, -0.2) is 5.78 Å². The van der Waals surface area contributed by atoms with Crippen LogP contribution in [0.4, 0.5) is 0 Å². The Morgan fingerprint density at radius 2 is 1.83 bits per heavy atom.